The topological polar surface area (TPSA) is 80.1 Å². The fraction of sp³-hybridized carbons (Fsp3) is 0.273. The Morgan fingerprint density at radius 2 is 2.00 bits per heavy atom. The highest BCUT2D eigenvalue weighted by Gasteiger charge is 2.31. The summed E-state index contributed by atoms with van der Waals surface area (Å²) in [4.78, 5) is 26.8. The minimum Gasteiger partial charge on any atom is -0.323 e. The minimum atomic E-state index is -0.427. The van der Waals surface area contributed by atoms with Crippen molar-refractivity contribution in [3.63, 3.8) is 0 Å². The van der Waals surface area contributed by atoms with Crippen LogP contribution < -0.4 is 10.2 Å². The number of nitrogens with one attached hydrogen (secondary N) is 1. The molecule has 4 rings (SSSR count). The molecule has 0 radical (unpaired) electrons. The molecule has 1 aliphatic heterocycles. The van der Waals surface area contributed by atoms with E-state index in [1.807, 2.05) is 61.7 Å². The van der Waals surface area contributed by atoms with Gasteiger partial charge in [0, 0.05) is 12.1 Å². The number of aromatic nitrogens is 3. The van der Waals surface area contributed by atoms with Crippen molar-refractivity contribution in [2.45, 2.75) is 37.7 Å². The molecule has 1 atom stereocenters. The summed E-state index contributed by atoms with van der Waals surface area (Å²) < 4.78 is 2.01. The van der Waals surface area contributed by atoms with Crippen molar-refractivity contribution in [3.05, 3.63) is 54.1 Å². The van der Waals surface area contributed by atoms with E-state index < -0.39 is 5.25 Å². The third-order valence-electron chi connectivity index (χ3n) is 4.98. The fourth-order valence-electron chi connectivity index (χ4n) is 3.52. The van der Waals surface area contributed by atoms with Crippen molar-refractivity contribution in [1.82, 2.24) is 14.8 Å². The maximum atomic E-state index is 13.2. The number of benzene rings is 2. The third-order valence-corrected chi connectivity index (χ3v) is 6.04. The van der Waals surface area contributed by atoms with Gasteiger partial charge in [-0.3, -0.25) is 14.5 Å². The Morgan fingerprint density at radius 3 is 2.77 bits per heavy atom. The largest absolute Gasteiger partial charge is 0.323 e. The van der Waals surface area contributed by atoms with E-state index >= 15 is 0 Å². The van der Waals surface area contributed by atoms with Crippen LogP contribution in [0.5, 0.6) is 0 Å². The van der Waals surface area contributed by atoms with Gasteiger partial charge in [-0.15, -0.1) is 10.2 Å². The lowest BCUT2D eigenvalue weighted by molar-refractivity contribution is -0.121. The Bertz CT molecular complexity index is 1110. The van der Waals surface area contributed by atoms with E-state index in [-0.39, 0.29) is 18.4 Å². The molecule has 0 saturated carbocycles. The quantitative estimate of drug-likeness (QED) is 0.635. The maximum Gasteiger partial charge on any atom is 0.244 e. The SMILES string of the molecule is CCn1c(SC(C)C(=O)N2CC(=O)Nc3ccccc32)nnc1-c1cccc(C)c1. The molecule has 0 aliphatic carbocycles. The third kappa shape index (κ3) is 3.82. The molecule has 3 aromatic rings. The molecule has 2 heterocycles. The number of hydrogen-bond donors (Lipinski definition) is 1. The molecule has 2 amide bonds. The van der Waals surface area contributed by atoms with Crippen LogP contribution in [0, 0.1) is 6.92 Å². The van der Waals surface area contributed by atoms with Gasteiger partial charge in [0.1, 0.15) is 6.54 Å². The number of carbonyl (C=O) groups excluding carboxylic acids is 2. The number of aryl methyl sites for hydroxylation is 1. The van der Waals surface area contributed by atoms with Crippen LogP contribution in [0.15, 0.2) is 53.7 Å². The summed E-state index contributed by atoms with van der Waals surface area (Å²) in [5.74, 6) is 0.453. The van der Waals surface area contributed by atoms with Crippen LogP contribution in [0.4, 0.5) is 11.4 Å². The normalized spacial score (nSPS) is 14.2. The zero-order valence-corrected chi connectivity index (χ0v) is 17.9. The minimum absolute atomic E-state index is 0.00968. The molecule has 1 N–H and O–H groups in total. The average Bonchev–Trinajstić information content (AvgIpc) is 3.15. The fourth-order valence-corrected chi connectivity index (χ4v) is 4.49. The Kier molecular flexibility index (Phi) is 5.59. The molecule has 0 fully saturated rings. The van der Waals surface area contributed by atoms with Gasteiger partial charge in [-0.1, -0.05) is 47.7 Å². The van der Waals surface area contributed by atoms with Crippen molar-refractivity contribution in [2.75, 3.05) is 16.8 Å². The highest BCUT2D eigenvalue weighted by molar-refractivity contribution is 8.00. The van der Waals surface area contributed by atoms with Gasteiger partial charge in [0.15, 0.2) is 11.0 Å². The van der Waals surface area contributed by atoms with E-state index in [1.54, 1.807) is 11.0 Å². The number of hydrogen-bond acceptors (Lipinski definition) is 5. The first-order valence-corrected chi connectivity index (χ1v) is 10.7. The van der Waals surface area contributed by atoms with E-state index in [0.29, 0.717) is 23.1 Å². The van der Waals surface area contributed by atoms with E-state index in [2.05, 4.69) is 21.6 Å². The van der Waals surface area contributed by atoms with Crippen LogP contribution in [0.2, 0.25) is 0 Å². The molecule has 30 heavy (non-hydrogen) atoms. The molecule has 154 valence electrons. The van der Waals surface area contributed by atoms with Crippen LogP contribution in [0.1, 0.15) is 19.4 Å². The number of carbonyl (C=O) groups is 2. The second-order valence-corrected chi connectivity index (χ2v) is 8.48. The highest BCUT2D eigenvalue weighted by atomic mass is 32.2. The first-order chi connectivity index (χ1) is 14.5. The van der Waals surface area contributed by atoms with Gasteiger partial charge in [-0.05, 0) is 39.0 Å². The predicted octanol–water partition coefficient (Wildman–Crippen LogP) is 3.74. The molecule has 1 unspecified atom stereocenters. The van der Waals surface area contributed by atoms with Crippen molar-refractivity contribution < 1.29 is 9.59 Å². The molecule has 7 nitrogen and oxygen atoms in total. The molecule has 0 saturated heterocycles. The van der Waals surface area contributed by atoms with Gasteiger partial charge in [-0.2, -0.15) is 0 Å². The van der Waals surface area contributed by atoms with Crippen LogP contribution in [-0.2, 0) is 16.1 Å². The van der Waals surface area contributed by atoms with E-state index in [1.165, 1.54) is 11.8 Å². The Hall–Kier alpha value is -3.13. The van der Waals surface area contributed by atoms with Crippen LogP contribution in [-0.4, -0.2) is 38.4 Å². The zero-order chi connectivity index (χ0) is 21.3. The second-order valence-electron chi connectivity index (χ2n) is 7.17. The number of nitrogens with zero attached hydrogens (tertiary/aromatic N) is 4. The second kappa shape index (κ2) is 8.31. The number of thioether (sulfide) groups is 1. The van der Waals surface area contributed by atoms with E-state index in [9.17, 15) is 9.59 Å². The van der Waals surface area contributed by atoms with Gasteiger partial charge in [-0.25, -0.2) is 0 Å². The lowest BCUT2D eigenvalue weighted by Crippen LogP contribution is -2.45. The monoisotopic (exact) mass is 421 g/mol. The highest BCUT2D eigenvalue weighted by Crippen LogP contribution is 2.33. The Labute approximate surface area is 179 Å². The number of rotatable bonds is 5. The van der Waals surface area contributed by atoms with Crippen molar-refractivity contribution in [3.8, 4) is 11.4 Å². The first-order valence-electron chi connectivity index (χ1n) is 9.85. The van der Waals surface area contributed by atoms with Gasteiger partial charge in [0.2, 0.25) is 11.8 Å². The van der Waals surface area contributed by atoms with E-state index in [0.717, 1.165) is 17.0 Å². The lowest BCUT2D eigenvalue weighted by Gasteiger charge is -2.30. The van der Waals surface area contributed by atoms with Crippen LogP contribution >= 0.6 is 11.8 Å². The maximum absolute atomic E-state index is 13.2. The molecule has 0 spiro atoms. The van der Waals surface area contributed by atoms with Gasteiger partial charge < -0.3 is 9.88 Å². The van der Waals surface area contributed by atoms with Crippen molar-refractivity contribution >= 4 is 35.0 Å². The summed E-state index contributed by atoms with van der Waals surface area (Å²) in [5, 5.41) is 11.8. The summed E-state index contributed by atoms with van der Waals surface area (Å²) in [6.07, 6.45) is 0. The van der Waals surface area contributed by atoms with Crippen LogP contribution in [0.3, 0.4) is 0 Å². The number of amides is 2. The standard InChI is InChI=1S/C22H23N5O2S/c1-4-26-20(16-9-7-8-14(2)12-16)24-25-22(26)30-15(3)21(29)27-13-19(28)23-17-10-5-6-11-18(17)27/h5-12,15H,4,13H2,1-3H3,(H,23,28). The molecule has 1 aliphatic rings. The average molecular weight is 422 g/mol. The number of anilines is 2. The molecule has 0 bridgehead atoms. The van der Waals surface area contributed by atoms with Gasteiger partial charge in [0.25, 0.3) is 0 Å². The zero-order valence-electron chi connectivity index (χ0n) is 17.1. The molecule has 8 heteroatoms. The first kappa shape index (κ1) is 20.2. The summed E-state index contributed by atoms with van der Waals surface area (Å²) in [6.45, 7) is 6.61. The van der Waals surface area contributed by atoms with Gasteiger partial charge >= 0.3 is 0 Å². The summed E-state index contributed by atoms with van der Waals surface area (Å²) in [6, 6.07) is 15.5. The summed E-state index contributed by atoms with van der Waals surface area (Å²) in [5.41, 5.74) is 3.51. The molecule has 2 aromatic carbocycles. The predicted molar refractivity (Wildman–Crippen MR) is 119 cm³/mol. The Morgan fingerprint density at radius 1 is 1.20 bits per heavy atom. The van der Waals surface area contributed by atoms with E-state index in [4.69, 9.17) is 0 Å². The van der Waals surface area contributed by atoms with Crippen molar-refractivity contribution in [2.24, 2.45) is 0 Å². The number of fused-ring (bicyclic) bond motifs is 1. The molecular weight excluding hydrogens is 398 g/mol. The summed E-state index contributed by atoms with van der Waals surface area (Å²) in [7, 11) is 0. The van der Waals surface area contributed by atoms with Gasteiger partial charge in [0.05, 0.1) is 16.6 Å². The summed E-state index contributed by atoms with van der Waals surface area (Å²) >= 11 is 1.36. The Balaban J connectivity index is 1.58. The van der Waals surface area contributed by atoms with Crippen molar-refractivity contribution in [1.29, 1.82) is 0 Å². The molecular formula is C22H23N5O2S. The smallest absolute Gasteiger partial charge is 0.244 e. The number of para-hydroxylation sites is 2. The lowest BCUT2D eigenvalue weighted by atomic mass is 10.1. The van der Waals surface area contributed by atoms with Crippen LogP contribution in [0.25, 0.3) is 11.4 Å². The molecule has 1 aromatic heterocycles.